The van der Waals surface area contributed by atoms with E-state index in [0.29, 0.717) is 5.75 Å². The van der Waals surface area contributed by atoms with Crippen molar-refractivity contribution in [1.29, 1.82) is 0 Å². The van der Waals surface area contributed by atoms with Gasteiger partial charge in [0.05, 0.1) is 10.7 Å². The number of fused-ring (bicyclic) bond motifs is 1. The fraction of sp³-hybridized carbons (Fsp3) is 0.100. The summed E-state index contributed by atoms with van der Waals surface area (Å²) < 4.78 is 10.6. The first kappa shape index (κ1) is 16.4. The molecule has 0 saturated carbocycles. The van der Waals surface area contributed by atoms with Crippen molar-refractivity contribution in [3.05, 3.63) is 64.5 Å². The summed E-state index contributed by atoms with van der Waals surface area (Å²) in [6.45, 7) is 2.22. The first-order valence-corrected chi connectivity index (χ1v) is 8.97. The van der Waals surface area contributed by atoms with Crippen LogP contribution in [0.3, 0.4) is 0 Å². The van der Waals surface area contributed by atoms with Crippen LogP contribution in [0.1, 0.15) is 10.6 Å². The number of nitrogens with zero attached hydrogens (tertiary/aromatic N) is 1. The molecule has 1 aliphatic heterocycles. The third kappa shape index (κ3) is 3.60. The van der Waals surface area contributed by atoms with Gasteiger partial charge in [-0.25, -0.2) is 4.98 Å². The number of hydrogen-bond donors (Lipinski definition) is 1. The van der Waals surface area contributed by atoms with Gasteiger partial charge in [-0.1, -0.05) is 18.2 Å². The molecule has 1 amide bonds. The van der Waals surface area contributed by atoms with Crippen molar-refractivity contribution in [2.45, 2.75) is 6.92 Å². The number of carbonyl (C=O) groups excluding carboxylic acids is 1. The lowest BCUT2D eigenvalue weighted by Gasteiger charge is -2.03. The van der Waals surface area contributed by atoms with E-state index in [9.17, 15) is 4.79 Å². The van der Waals surface area contributed by atoms with Crippen molar-refractivity contribution in [2.75, 3.05) is 12.1 Å². The molecule has 0 unspecified atom stereocenters. The van der Waals surface area contributed by atoms with Gasteiger partial charge in [-0.2, -0.15) is 0 Å². The minimum absolute atomic E-state index is 0.195. The Bertz CT molecular complexity index is 977. The number of amides is 1. The second-order valence-corrected chi connectivity index (χ2v) is 6.83. The number of thiazole rings is 1. The van der Waals surface area contributed by atoms with E-state index in [1.54, 1.807) is 17.4 Å². The summed E-state index contributed by atoms with van der Waals surface area (Å²) in [5.74, 6) is 1.22. The van der Waals surface area contributed by atoms with Gasteiger partial charge < -0.3 is 14.8 Å². The van der Waals surface area contributed by atoms with Crippen molar-refractivity contribution < 1.29 is 14.3 Å². The van der Waals surface area contributed by atoms with Gasteiger partial charge in [0.25, 0.3) is 0 Å². The lowest BCUT2D eigenvalue weighted by molar-refractivity contribution is -0.111. The zero-order valence-corrected chi connectivity index (χ0v) is 14.9. The number of aromatic nitrogens is 1. The lowest BCUT2D eigenvalue weighted by atomic mass is 10.1. The van der Waals surface area contributed by atoms with Crippen LogP contribution in [0, 0.1) is 6.92 Å². The van der Waals surface area contributed by atoms with Gasteiger partial charge in [0, 0.05) is 22.7 Å². The quantitative estimate of drug-likeness (QED) is 0.693. The van der Waals surface area contributed by atoms with Crippen LogP contribution < -0.4 is 14.8 Å². The summed E-state index contributed by atoms with van der Waals surface area (Å²) >= 11 is 1.62. The average Bonchev–Trinajstić information content (AvgIpc) is 3.29. The topological polar surface area (TPSA) is 60.5 Å². The summed E-state index contributed by atoms with van der Waals surface area (Å²) in [5.41, 5.74) is 3.59. The number of nitrogens with one attached hydrogen (secondary N) is 1. The molecule has 2 aromatic carbocycles. The van der Waals surface area contributed by atoms with E-state index in [-0.39, 0.29) is 12.7 Å². The number of rotatable bonds is 4. The van der Waals surface area contributed by atoms with Crippen molar-refractivity contribution in [1.82, 2.24) is 4.98 Å². The number of benzene rings is 2. The Hall–Kier alpha value is -3.12. The van der Waals surface area contributed by atoms with Crippen LogP contribution in [0.25, 0.3) is 17.3 Å². The molecule has 2 heterocycles. The lowest BCUT2D eigenvalue weighted by Crippen LogP contribution is -2.07. The number of carbonyl (C=O) groups is 1. The highest BCUT2D eigenvalue weighted by molar-refractivity contribution is 7.09. The Balaban J connectivity index is 1.40. The van der Waals surface area contributed by atoms with E-state index in [0.717, 1.165) is 33.3 Å². The molecule has 0 bridgehead atoms. The van der Waals surface area contributed by atoms with Crippen LogP contribution in [0.15, 0.2) is 53.9 Å². The standard InChI is InChI=1S/C20H16N2O3S/c1-13-21-17(11-26-13)15-4-6-16(7-5-15)22-20(23)9-3-14-2-8-18-19(10-14)25-12-24-18/h2-11H,12H2,1H3,(H,22,23)/b9-3+. The number of aryl methyl sites for hydroxylation is 1. The van der Waals surface area contributed by atoms with E-state index in [1.807, 2.05) is 54.8 Å². The maximum absolute atomic E-state index is 12.1. The normalized spacial score (nSPS) is 12.5. The third-order valence-electron chi connectivity index (χ3n) is 3.89. The zero-order valence-electron chi connectivity index (χ0n) is 14.1. The number of ether oxygens (including phenoxy) is 2. The third-order valence-corrected chi connectivity index (χ3v) is 4.66. The van der Waals surface area contributed by atoms with Gasteiger partial charge in [-0.05, 0) is 42.8 Å². The smallest absolute Gasteiger partial charge is 0.248 e. The van der Waals surface area contributed by atoms with Crippen molar-refractivity contribution in [3.8, 4) is 22.8 Å². The van der Waals surface area contributed by atoms with E-state index < -0.39 is 0 Å². The molecular formula is C20H16N2O3S. The molecule has 6 heteroatoms. The molecule has 0 saturated heterocycles. The molecule has 4 rings (SSSR count). The molecule has 0 spiro atoms. The maximum Gasteiger partial charge on any atom is 0.248 e. The van der Waals surface area contributed by atoms with E-state index in [2.05, 4.69) is 10.3 Å². The summed E-state index contributed by atoms with van der Waals surface area (Å²) in [7, 11) is 0. The van der Waals surface area contributed by atoms with Crippen LogP contribution in [-0.4, -0.2) is 17.7 Å². The molecular weight excluding hydrogens is 348 g/mol. The predicted molar refractivity (Wildman–Crippen MR) is 103 cm³/mol. The van der Waals surface area contributed by atoms with Crippen molar-refractivity contribution in [3.63, 3.8) is 0 Å². The summed E-state index contributed by atoms with van der Waals surface area (Å²) in [5, 5.41) is 5.91. The summed E-state index contributed by atoms with van der Waals surface area (Å²) in [6.07, 6.45) is 3.24. The van der Waals surface area contributed by atoms with Gasteiger partial charge in [-0.15, -0.1) is 11.3 Å². The largest absolute Gasteiger partial charge is 0.454 e. The second kappa shape index (κ2) is 7.01. The minimum atomic E-state index is -0.195. The molecule has 130 valence electrons. The maximum atomic E-state index is 12.1. The van der Waals surface area contributed by atoms with Crippen molar-refractivity contribution >= 4 is 29.0 Å². The Kier molecular flexibility index (Phi) is 4.41. The number of hydrogen-bond acceptors (Lipinski definition) is 5. The molecule has 26 heavy (non-hydrogen) atoms. The highest BCUT2D eigenvalue weighted by Crippen LogP contribution is 2.32. The predicted octanol–water partition coefficient (Wildman–Crippen LogP) is 4.50. The van der Waals surface area contributed by atoms with Gasteiger partial charge >= 0.3 is 0 Å². The van der Waals surface area contributed by atoms with Crippen LogP contribution in [0.2, 0.25) is 0 Å². The zero-order chi connectivity index (χ0) is 17.9. The first-order valence-electron chi connectivity index (χ1n) is 8.09. The molecule has 0 aliphatic carbocycles. The molecule has 0 fully saturated rings. The Morgan fingerprint density at radius 2 is 1.96 bits per heavy atom. The second-order valence-electron chi connectivity index (χ2n) is 5.76. The highest BCUT2D eigenvalue weighted by atomic mass is 32.1. The van der Waals surface area contributed by atoms with Crippen LogP contribution in [0.4, 0.5) is 5.69 Å². The Labute approximate surface area is 154 Å². The molecule has 0 radical (unpaired) electrons. The van der Waals surface area contributed by atoms with Crippen LogP contribution in [0.5, 0.6) is 11.5 Å². The summed E-state index contributed by atoms with van der Waals surface area (Å²) in [4.78, 5) is 16.6. The monoisotopic (exact) mass is 364 g/mol. The number of anilines is 1. The van der Waals surface area contributed by atoms with Gasteiger partial charge in [0.2, 0.25) is 12.7 Å². The van der Waals surface area contributed by atoms with Crippen molar-refractivity contribution in [2.24, 2.45) is 0 Å². The molecule has 1 aromatic heterocycles. The molecule has 1 N–H and O–H groups in total. The fourth-order valence-electron chi connectivity index (χ4n) is 2.59. The van der Waals surface area contributed by atoms with Gasteiger partial charge in [0.1, 0.15) is 0 Å². The Morgan fingerprint density at radius 1 is 1.15 bits per heavy atom. The first-order chi connectivity index (χ1) is 12.7. The molecule has 5 nitrogen and oxygen atoms in total. The SMILES string of the molecule is Cc1nc(-c2ccc(NC(=O)/C=C/c3ccc4c(c3)OCO4)cc2)cs1. The fourth-order valence-corrected chi connectivity index (χ4v) is 3.21. The van der Waals surface area contributed by atoms with E-state index in [4.69, 9.17) is 9.47 Å². The van der Waals surface area contributed by atoms with Crippen LogP contribution >= 0.6 is 11.3 Å². The molecule has 0 atom stereocenters. The van der Waals surface area contributed by atoms with Gasteiger partial charge in [-0.3, -0.25) is 4.79 Å². The Morgan fingerprint density at radius 3 is 2.73 bits per heavy atom. The average molecular weight is 364 g/mol. The molecule has 1 aliphatic rings. The summed E-state index contributed by atoms with van der Waals surface area (Å²) in [6, 6.07) is 13.2. The van der Waals surface area contributed by atoms with E-state index >= 15 is 0 Å². The van der Waals surface area contributed by atoms with Gasteiger partial charge in [0.15, 0.2) is 11.5 Å². The highest BCUT2D eigenvalue weighted by Gasteiger charge is 2.12. The van der Waals surface area contributed by atoms with Crippen LogP contribution in [-0.2, 0) is 4.79 Å². The van der Waals surface area contributed by atoms with E-state index in [1.165, 1.54) is 6.08 Å². The minimum Gasteiger partial charge on any atom is -0.454 e. The molecule has 3 aromatic rings.